The first-order chi connectivity index (χ1) is 17.1. The minimum absolute atomic E-state index is 0.331. The van der Waals surface area contributed by atoms with Crippen molar-refractivity contribution in [2.75, 3.05) is 33.8 Å². The molecule has 8 rings (SSSR count). The Hall–Kier alpha value is -1.78. The fourth-order valence-corrected chi connectivity index (χ4v) is 10.8. The van der Waals surface area contributed by atoms with Crippen molar-refractivity contribution in [1.82, 2.24) is 9.80 Å². The molecule has 7 aliphatic rings. The summed E-state index contributed by atoms with van der Waals surface area (Å²) in [5, 5.41) is 0. The van der Waals surface area contributed by atoms with Crippen molar-refractivity contribution in [2.45, 2.75) is 57.0 Å². The SMILES string of the molecule is COC1=C(Oc2ccccc2)C2C(C=C1)CC1N(CC3CC3)CCC23C2[C@H]4CN(C)[C@@H]2CCC13C4. The number of para-hydroxylation sites is 1. The standard InChI is InChI=1S/C31H40N2O2/c1-32-19-22-17-30-13-12-24(32)27(22)31(30)14-15-33(18-20-8-9-20)26(30)16-21-10-11-25(34-2)29(28(21)31)35-23-6-4-3-5-7-23/h3-7,10-11,20-22,24,26-28H,8-9,12-19H2,1-2H3/t21?,22-,24-,26?,27?,28?,30?,31?/m1/s1. The number of fused-ring (bicyclic) bond motifs is 1. The average Bonchev–Trinajstić information content (AvgIpc) is 3.59. The summed E-state index contributed by atoms with van der Waals surface area (Å²) in [5.74, 6) is 6.67. The van der Waals surface area contributed by atoms with Crippen molar-refractivity contribution < 1.29 is 9.47 Å². The summed E-state index contributed by atoms with van der Waals surface area (Å²) < 4.78 is 12.9. The van der Waals surface area contributed by atoms with Crippen LogP contribution in [0.15, 0.2) is 54.0 Å². The molecule has 6 unspecified atom stereocenters. The highest BCUT2D eigenvalue weighted by atomic mass is 16.5. The molecule has 8 atom stereocenters. The molecule has 0 N–H and O–H groups in total. The maximum atomic E-state index is 6.88. The van der Waals surface area contributed by atoms with Crippen LogP contribution in [0.1, 0.15) is 44.9 Å². The molecule has 4 heteroatoms. The van der Waals surface area contributed by atoms with Crippen LogP contribution in [0.25, 0.3) is 0 Å². The van der Waals surface area contributed by atoms with Gasteiger partial charge in [0, 0.05) is 31.1 Å². The Labute approximate surface area is 210 Å². The lowest BCUT2D eigenvalue weighted by Gasteiger charge is -2.70. The van der Waals surface area contributed by atoms with E-state index in [1.165, 1.54) is 64.6 Å². The molecule has 5 aliphatic carbocycles. The van der Waals surface area contributed by atoms with Crippen molar-refractivity contribution in [3.05, 3.63) is 54.0 Å². The third-order valence-corrected chi connectivity index (χ3v) is 11.8. The maximum absolute atomic E-state index is 6.88. The molecule has 1 aromatic carbocycles. The zero-order chi connectivity index (χ0) is 23.4. The Balaban J connectivity index is 1.29. The van der Waals surface area contributed by atoms with Crippen LogP contribution in [0.4, 0.5) is 0 Å². The van der Waals surface area contributed by atoms with Gasteiger partial charge in [0.2, 0.25) is 0 Å². The minimum Gasteiger partial charge on any atom is -0.493 e. The lowest BCUT2D eigenvalue weighted by Crippen LogP contribution is -2.71. The van der Waals surface area contributed by atoms with Gasteiger partial charge in [-0.05, 0) is 111 Å². The molecule has 186 valence electrons. The number of hydrogen-bond acceptors (Lipinski definition) is 4. The quantitative estimate of drug-likeness (QED) is 0.578. The van der Waals surface area contributed by atoms with E-state index in [0.717, 1.165) is 47.1 Å². The number of nitrogens with zero attached hydrogens (tertiary/aromatic N) is 2. The molecule has 4 saturated carbocycles. The Kier molecular flexibility index (Phi) is 4.50. The topological polar surface area (TPSA) is 24.9 Å². The van der Waals surface area contributed by atoms with E-state index in [-0.39, 0.29) is 0 Å². The van der Waals surface area contributed by atoms with Crippen LogP contribution in [-0.4, -0.2) is 55.7 Å². The highest BCUT2D eigenvalue weighted by Gasteiger charge is 2.78. The fourth-order valence-electron chi connectivity index (χ4n) is 10.8. The number of allylic oxidation sites excluding steroid dienone is 3. The minimum atomic E-state index is 0.331. The molecule has 2 saturated heterocycles. The molecular formula is C31H40N2O2. The van der Waals surface area contributed by atoms with Crippen LogP contribution in [0.3, 0.4) is 0 Å². The summed E-state index contributed by atoms with van der Waals surface area (Å²) in [4.78, 5) is 5.73. The van der Waals surface area contributed by atoms with Crippen molar-refractivity contribution >= 4 is 0 Å². The number of benzene rings is 1. The average molecular weight is 473 g/mol. The molecule has 0 amide bonds. The van der Waals surface area contributed by atoms with E-state index < -0.39 is 0 Å². The van der Waals surface area contributed by atoms with Crippen molar-refractivity contribution in [3.8, 4) is 5.75 Å². The van der Waals surface area contributed by atoms with Crippen LogP contribution < -0.4 is 4.74 Å². The molecule has 6 fully saturated rings. The molecule has 0 radical (unpaired) electrons. The number of likely N-dealkylation sites (tertiary alicyclic amines) is 2. The first-order valence-corrected chi connectivity index (χ1v) is 14.3. The van der Waals surface area contributed by atoms with E-state index in [9.17, 15) is 0 Å². The zero-order valence-electron chi connectivity index (χ0n) is 21.4. The van der Waals surface area contributed by atoms with Crippen LogP contribution in [0, 0.1) is 40.4 Å². The lowest BCUT2D eigenvalue weighted by atomic mass is 9.39. The molecule has 1 aromatic rings. The number of methoxy groups -OCH3 is 1. The Morgan fingerprint density at radius 1 is 1.09 bits per heavy atom. The van der Waals surface area contributed by atoms with E-state index in [0.29, 0.717) is 22.7 Å². The number of rotatable bonds is 5. The van der Waals surface area contributed by atoms with Crippen LogP contribution in [0.5, 0.6) is 5.75 Å². The van der Waals surface area contributed by atoms with Gasteiger partial charge in [0.15, 0.2) is 11.5 Å². The van der Waals surface area contributed by atoms with Gasteiger partial charge in [0.05, 0.1) is 7.11 Å². The molecule has 0 aromatic heterocycles. The molecular weight excluding hydrogens is 432 g/mol. The normalized spacial score (nSPS) is 45.9. The van der Waals surface area contributed by atoms with E-state index in [2.05, 4.69) is 59.3 Å². The van der Waals surface area contributed by atoms with Gasteiger partial charge in [-0.15, -0.1) is 0 Å². The van der Waals surface area contributed by atoms with Gasteiger partial charge in [0.25, 0.3) is 0 Å². The van der Waals surface area contributed by atoms with Gasteiger partial charge in [-0.3, -0.25) is 4.90 Å². The third-order valence-electron chi connectivity index (χ3n) is 11.8. The van der Waals surface area contributed by atoms with Gasteiger partial charge < -0.3 is 14.4 Å². The summed E-state index contributed by atoms with van der Waals surface area (Å²) in [6.45, 7) is 3.95. The van der Waals surface area contributed by atoms with E-state index in [1.54, 1.807) is 0 Å². The van der Waals surface area contributed by atoms with Crippen molar-refractivity contribution in [1.29, 1.82) is 0 Å². The molecule has 0 spiro atoms. The summed E-state index contributed by atoms with van der Waals surface area (Å²) in [5.41, 5.74) is 0.779. The Morgan fingerprint density at radius 3 is 2.74 bits per heavy atom. The van der Waals surface area contributed by atoms with Crippen molar-refractivity contribution in [2.24, 2.45) is 40.4 Å². The van der Waals surface area contributed by atoms with E-state index in [1.807, 2.05) is 7.11 Å². The van der Waals surface area contributed by atoms with Gasteiger partial charge >= 0.3 is 0 Å². The monoisotopic (exact) mass is 472 g/mol. The number of piperidine rings is 1. The summed E-state index contributed by atoms with van der Waals surface area (Å²) in [6.07, 6.45) is 14.6. The first kappa shape index (κ1) is 21.3. The number of hydrogen-bond donors (Lipinski definition) is 0. The summed E-state index contributed by atoms with van der Waals surface area (Å²) >= 11 is 0. The first-order valence-electron chi connectivity index (χ1n) is 14.3. The molecule has 35 heavy (non-hydrogen) atoms. The molecule has 2 heterocycles. The van der Waals surface area contributed by atoms with Crippen LogP contribution in [-0.2, 0) is 4.74 Å². The number of ether oxygens (including phenoxy) is 2. The summed E-state index contributed by atoms with van der Waals surface area (Å²) in [6, 6.07) is 12.0. The Morgan fingerprint density at radius 2 is 1.94 bits per heavy atom. The highest BCUT2D eigenvalue weighted by molar-refractivity contribution is 5.39. The predicted octanol–water partition coefficient (Wildman–Crippen LogP) is 5.33. The maximum Gasteiger partial charge on any atom is 0.157 e. The van der Waals surface area contributed by atoms with Crippen molar-refractivity contribution in [3.63, 3.8) is 0 Å². The van der Waals surface area contributed by atoms with E-state index >= 15 is 0 Å². The second-order valence-electron chi connectivity index (χ2n) is 13.0. The van der Waals surface area contributed by atoms with Gasteiger partial charge in [-0.2, -0.15) is 0 Å². The smallest absolute Gasteiger partial charge is 0.157 e. The largest absolute Gasteiger partial charge is 0.493 e. The highest BCUT2D eigenvalue weighted by Crippen LogP contribution is 2.79. The Bertz CT molecular complexity index is 1080. The molecule has 2 aliphatic heterocycles. The summed E-state index contributed by atoms with van der Waals surface area (Å²) in [7, 11) is 4.24. The zero-order valence-corrected chi connectivity index (χ0v) is 21.4. The van der Waals surface area contributed by atoms with E-state index in [4.69, 9.17) is 9.47 Å². The second kappa shape index (κ2) is 7.38. The van der Waals surface area contributed by atoms with Gasteiger partial charge in [-0.1, -0.05) is 24.3 Å². The fraction of sp³-hybridized carbons (Fsp3) is 0.677. The third kappa shape index (κ3) is 2.71. The predicted molar refractivity (Wildman–Crippen MR) is 137 cm³/mol. The molecule has 4 bridgehead atoms. The van der Waals surface area contributed by atoms with Crippen LogP contribution in [0.2, 0.25) is 0 Å². The molecule has 4 nitrogen and oxygen atoms in total. The second-order valence-corrected chi connectivity index (χ2v) is 13.0. The lowest BCUT2D eigenvalue weighted by molar-refractivity contribution is -0.205. The van der Waals surface area contributed by atoms with Gasteiger partial charge in [0.1, 0.15) is 5.75 Å². The van der Waals surface area contributed by atoms with Gasteiger partial charge in [-0.25, -0.2) is 0 Å². The van der Waals surface area contributed by atoms with Crippen LogP contribution >= 0.6 is 0 Å².